The summed E-state index contributed by atoms with van der Waals surface area (Å²) in [5.74, 6) is -0.542. The molecule has 1 unspecified atom stereocenters. The van der Waals surface area contributed by atoms with E-state index in [9.17, 15) is 19.4 Å². The molecule has 1 fully saturated rings. The normalized spacial score (nSPS) is 41.3. The van der Waals surface area contributed by atoms with E-state index in [1.807, 2.05) is 0 Å². The van der Waals surface area contributed by atoms with Crippen molar-refractivity contribution in [3.05, 3.63) is 0 Å². The second kappa shape index (κ2) is 4.84. The topological polar surface area (TPSA) is 99.0 Å². The molecule has 1 saturated heterocycles. The maximum atomic E-state index is 13.5. The van der Waals surface area contributed by atoms with Gasteiger partial charge in [0.1, 0.15) is 18.2 Å². The minimum absolute atomic E-state index is 0.542. The van der Waals surface area contributed by atoms with Crippen molar-refractivity contribution in [1.82, 2.24) is 5.32 Å². The molecule has 0 radical (unpaired) electrons. The summed E-state index contributed by atoms with van der Waals surface area (Å²) in [4.78, 5) is 10.7. The third-order valence-electron chi connectivity index (χ3n) is 2.22. The minimum atomic E-state index is -1.88. The van der Waals surface area contributed by atoms with E-state index in [-0.39, 0.29) is 0 Å². The SMILES string of the molecule is CC(=O)N[C@@H]1C(O)O[C@H](CO)[C@H](O)[C@@H]1F. The van der Waals surface area contributed by atoms with E-state index >= 15 is 0 Å². The highest BCUT2D eigenvalue weighted by Gasteiger charge is 2.45. The Labute approximate surface area is 85.7 Å². The van der Waals surface area contributed by atoms with Gasteiger partial charge in [-0.2, -0.15) is 0 Å². The van der Waals surface area contributed by atoms with Crippen LogP contribution in [0.2, 0.25) is 0 Å². The molecule has 5 atom stereocenters. The van der Waals surface area contributed by atoms with Crippen molar-refractivity contribution >= 4 is 5.91 Å². The third kappa shape index (κ3) is 2.63. The lowest BCUT2D eigenvalue weighted by atomic mass is 9.98. The number of hydrogen-bond donors (Lipinski definition) is 4. The Bertz CT molecular complexity index is 239. The van der Waals surface area contributed by atoms with Gasteiger partial charge in [0.2, 0.25) is 5.91 Å². The van der Waals surface area contributed by atoms with Crippen LogP contribution in [0.3, 0.4) is 0 Å². The van der Waals surface area contributed by atoms with E-state index in [4.69, 9.17) is 9.84 Å². The molecule has 15 heavy (non-hydrogen) atoms. The number of rotatable bonds is 2. The number of aliphatic hydroxyl groups excluding tert-OH is 3. The molecule has 0 aromatic carbocycles. The largest absolute Gasteiger partial charge is 0.394 e. The summed E-state index contributed by atoms with van der Waals surface area (Å²) in [6.45, 7) is 0.551. The Morgan fingerprint density at radius 1 is 1.53 bits per heavy atom. The monoisotopic (exact) mass is 223 g/mol. The standard InChI is InChI=1S/C8H14FNO5/c1-3(12)10-6-5(9)7(13)4(2-11)15-8(6)14/h4-8,11,13-14H,2H2,1H3,(H,10,12)/t4-,5-,6+,7+,8?/m1/s1. The van der Waals surface area contributed by atoms with Gasteiger partial charge in [-0.3, -0.25) is 4.79 Å². The van der Waals surface area contributed by atoms with Gasteiger partial charge in [-0.1, -0.05) is 0 Å². The second-order valence-electron chi connectivity index (χ2n) is 3.41. The molecule has 88 valence electrons. The molecule has 1 rings (SSSR count). The fourth-order valence-corrected chi connectivity index (χ4v) is 1.46. The van der Waals surface area contributed by atoms with E-state index < -0.39 is 43.2 Å². The summed E-state index contributed by atoms with van der Waals surface area (Å²) >= 11 is 0. The summed E-state index contributed by atoms with van der Waals surface area (Å²) in [5, 5.41) is 29.5. The number of carbonyl (C=O) groups is 1. The molecule has 0 bridgehead atoms. The van der Waals surface area contributed by atoms with Crippen molar-refractivity contribution in [1.29, 1.82) is 0 Å². The number of nitrogens with one attached hydrogen (secondary N) is 1. The van der Waals surface area contributed by atoms with Crippen molar-refractivity contribution in [3.8, 4) is 0 Å². The Morgan fingerprint density at radius 3 is 2.60 bits per heavy atom. The Hall–Kier alpha value is -0.760. The maximum Gasteiger partial charge on any atom is 0.217 e. The van der Waals surface area contributed by atoms with Crippen LogP contribution in [-0.4, -0.2) is 58.5 Å². The summed E-state index contributed by atoms with van der Waals surface area (Å²) in [6, 6.07) is -1.32. The summed E-state index contributed by atoms with van der Waals surface area (Å²) in [7, 11) is 0. The van der Waals surface area contributed by atoms with Crippen LogP contribution in [0.1, 0.15) is 6.92 Å². The Morgan fingerprint density at radius 2 is 2.13 bits per heavy atom. The molecule has 7 heteroatoms. The number of halogens is 1. The highest BCUT2D eigenvalue weighted by Crippen LogP contribution is 2.22. The Kier molecular flexibility index (Phi) is 3.97. The van der Waals surface area contributed by atoms with Crippen LogP contribution >= 0.6 is 0 Å². The zero-order chi connectivity index (χ0) is 11.6. The van der Waals surface area contributed by atoms with E-state index in [1.165, 1.54) is 0 Å². The molecule has 4 N–H and O–H groups in total. The lowest BCUT2D eigenvalue weighted by Crippen LogP contribution is -2.62. The zero-order valence-corrected chi connectivity index (χ0v) is 8.13. The van der Waals surface area contributed by atoms with Crippen molar-refractivity contribution in [2.24, 2.45) is 0 Å². The fraction of sp³-hybridized carbons (Fsp3) is 0.875. The van der Waals surface area contributed by atoms with Crippen LogP contribution in [0, 0.1) is 0 Å². The molecule has 0 spiro atoms. The highest BCUT2D eigenvalue weighted by atomic mass is 19.1. The molecule has 1 aliphatic rings. The maximum absolute atomic E-state index is 13.5. The number of alkyl halides is 1. The van der Waals surface area contributed by atoms with Gasteiger partial charge in [0.25, 0.3) is 0 Å². The zero-order valence-electron chi connectivity index (χ0n) is 8.13. The molecular weight excluding hydrogens is 209 g/mol. The van der Waals surface area contributed by atoms with E-state index in [1.54, 1.807) is 0 Å². The van der Waals surface area contributed by atoms with Crippen molar-refractivity contribution < 1.29 is 29.2 Å². The third-order valence-corrected chi connectivity index (χ3v) is 2.22. The Balaban J connectivity index is 2.70. The van der Waals surface area contributed by atoms with Crippen LogP contribution in [0.25, 0.3) is 0 Å². The second-order valence-corrected chi connectivity index (χ2v) is 3.41. The molecule has 0 saturated carbocycles. The van der Waals surface area contributed by atoms with Crippen LogP contribution < -0.4 is 5.32 Å². The predicted molar refractivity (Wildman–Crippen MR) is 46.5 cm³/mol. The molecule has 6 nitrogen and oxygen atoms in total. The predicted octanol–water partition coefficient (Wildman–Crippen LogP) is -2.10. The van der Waals surface area contributed by atoms with E-state index in [0.29, 0.717) is 0 Å². The number of amides is 1. The van der Waals surface area contributed by atoms with Crippen molar-refractivity contribution in [2.45, 2.75) is 37.6 Å². The number of hydrogen-bond acceptors (Lipinski definition) is 5. The first-order valence-corrected chi connectivity index (χ1v) is 4.51. The van der Waals surface area contributed by atoms with Gasteiger partial charge in [-0.25, -0.2) is 4.39 Å². The van der Waals surface area contributed by atoms with E-state index in [0.717, 1.165) is 6.92 Å². The van der Waals surface area contributed by atoms with Gasteiger partial charge < -0.3 is 25.4 Å². The van der Waals surface area contributed by atoms with Gasteiger partial charge >= 0.3 is 0 Å². The average molecular weight is 223 g/mol. The number of aliphatic hydroxyl groups is 3. The molecule has 0 aliphatic carbocycles. The lowest BCUT2D eigenvalue weighted by molar-refractivity contribution is -0.242. The summed E-state index contributed by atoms with van der Waals surface area (Å²) in [5.41, 5.74) is 0. The minimum Gasteiger partial charge on any atom is -0.394 e. The van der Waals surface area contributed by atoms with Gasteiger partial charge in [0, 0.05) is 6.92 Å². The molecule has 1 heterocycles. The first-order chi connectivity index (χ1) is 6.97. The highest BCUT2D eigenvalue weighted by molar-refractivity contribution is 5.73. The van der Waals surface area contributed by atoms with Gasteiger partial charge in [-0.15, -0.1) is 0 Å². The van der Waals surface area contributed by atoms with E-state index in [2.05, 4.69) is 5.32 Å². The smallest absolute Gasteiger partial charge is 0.217 e. The molecule has 0 aromatic heterocycles. The van der Waals surface area contributed by atoms with Crippen molar-refractivity contribution in [2.75, 3.05) is 6.61 Å². The molecule has 1 amide bonds. The lowest BCUT2D eigenvalue weighted by Gasteiger charge is -2.38. The fourth-order valence-electron chi connectivity index (χ4n) is 1.46. The van der Waals surface area contributed by atoms with Crippen LogP contribution in [-0.2, 0) is 9.53 Å². The summed E-state index contributed by atoms with van der Waals surface area (Å²) < 4.78 is 18.2. The van der Waals surface area contributed by atoms with Crippen LogP contribution in [0.5, 0.6) is 0 Å². The first kappa shape index (κ1) is 12.3. The van der Waals surface area contributed by atoms with Gasteiger partial charge in [0.15, 0.2) is 12.5 Å². The summed E-state index contributed by atoms with van der Waals surface area (Å²) in [6.07, 6.45) is -6.21. The number of carbonyl (C=O) groups excluding carboxylic acids is 1. The van der Waals surface area contributed by atoms with Crippen LogP contribution in [0.4, 0.5) is 4.39 Å². The van der Waals surface area contributed by atoms with Crippen molar-refractivity contribution in [3.63, 3.8) is 0 Å². The quantitative estimate of drug-likeness (QED) is 0.430. The average Bonchev–Trinajstić information content (AvgIpc) is 2.18. The van der Waals surface area contributed by atoms with Gasteiger partial charge in [0.05, 0.1) is 6.61 Å². The van der Waals surface area contributed by atoms with Crippen LogP contribution in [0.15, 0.2) is 0 Å². The molecule has 0 aromatic rings. The van der Waals surface area contributed by atoms with Gasteiger partial charge in [-0.05, 0) is 0 Å². The first-order valence-electron chi connectivity index (χ1n) is 4.51. The molecule has 1 aliphatic heterocycles. The number of ether oxygens (including phenoxy) is 1. The molecular formula is C8H14FNO5.